The molecular weight excluding hydrogens is 400 g/mol. The molecule has 0 aliphatic carbocycles. The van der Waals surface area contributed by atoms with Crippen molar-refractivity contribution in [2.75, 3.05) is 5.32 Å². The highest BCUT2D eigenvalue weighted by Crippen LogP contribution is 2.25. The van der Waals surface area contributed by atoms with Gasteiger partial charge in [-0.2, -0.15) is 0 Å². The lowest BCUT2D eigenvalue weighted by Gasteiger charge is -2.31. The Labute approximate surface area is 201 Å². The summed E-state index contributed by atoms with van der Waals surface area (Å²) < 4.78 is 1.91. The number of anilines is 1. The minimum atomic E-state index is -1.89. The molecule has 142 valence electrons. The van der Waals surface area contributed by atoms with Gasteiger partial charge in [-0.15, -0.1) is 16.0 Å². The fourth-order valence-electron chi connectivity index (χ4n) is 3.72. The van der Waals surface area contributed by atoms with Crippen LogP contribution in [0.5, 0.6) is 0 Å². The largest absolute Gasteiger partial charge is 0.334 e. The van der Waals surface area contributed by atoms with E-state index in [1.165, 1.54) is 0 Å². The minimum Gasteiger partial charge on any atom is -0.334 e. The molecule has 0 saturated heterocycles. The summed E-state index contributed by atoms with van der Waals surface area (Å²) in [5.74, 6) is -0.373. The first kappa shape index (κ1) is 23.2. The Morgan fingerprint density at radius 2 is 1.61 bits per heavy atom. The van der Waals surface area contributed by atoms with Crippen molar-refractivity contribution in [2.24, 2.45) is 7.05 Å². The van der Waals surface area contributed by atoms with E-state index in [1.807, 2.05) is 29.8 Å². The number of pyridine rings is 1. The molecule has 2 heterocycles. The molecule has 0 fully saturated rings. The van der Waals surface area contributed by atoms with Crippen LogP contribution in [-0.4, -0.2) is 75.4 Å². The molecule has 0 unspecified atom stereocenters. The molecular formula is C21H11B7N4O. The van der Waals surface area contributed by atoms with E-state index in [0.717, 1.165) is 22.0 Å². The second-order valence-electron chi connectivity index (χ2n) is 7.81. The lowest BCUT2D eigenvalue weighted by atomic mass is 9.37. The summed E-state index contributed by atoms with van der Waals surface area (Å²) in [6, 6.07) is 7.61. The number of hydrogen-bond acceptors (Lipinski definition) is 3. The molecule has 4 aromatic rings. The number of benzene rings is 2. The van der Waals surface area contributed by atoms with E-state index < -0.39 is 11.0 Å². The number of nitrogens with one attached hydrogen (secondary N) is 1. The highest BCUT2D eigenvalue weighted by molar-refractivity contribution is 6.66. The number of aryl methyl sites for hydroxylation is 1. The van der Waals surface area contributed by atoms with Gasteiger partial charge in [0.15, 0.2) is 0 Å². The first-order valence-corrected chi connectivity index (χ1v) is 9.79. The normalized spacial score (nSPS) is 11.5. The van der Waals surface area contributed by atoms with E-state index >= 15 is 0 Å². The minimum absolute atomic E-state index is 0.0411. The summed E-state index contributed by atoms with van der Waals surface area (Å²) in [6.07, 6.45) is 5.13. The van der Waals surface area contributed by atoms with E-state index in [2.05, 4.69) is 15.3 Å². The van der Waals surface area contributed by atoms with E-state index in [0.29, 0.717) is 0 Å². The monoisotopic (exact) mass is 412 g/mol. The molecule has 0 aliphatic heterocycles. The summed E-state index contributed by atoms with van der Waals surface area (Å²) in [4.78, 5) is 21.5. The van der Waals surface area contributed by atoms with Crippen LogP contribution < -0.4 is 27.2 Å². The Hall–Kier alpha value is -3.02. The van der Waals surface area contributed by atoms with Crippen LogP contribution >= 0.6 is 0 Å². The van der Waals surface area contributed by atoms with E-state index in [4.69, 9.17) is 54.9 Å². The maximum atomic E-state index is 13.0. The fourth-order valence-corrected chi connectivity index (χ4v) is 3.72. The third-order valence-corrected chi connectivity index (χ3v) is 5.39. The molecule has 33 heavy (non-hydrogen) atoms. The summed E-state index contributed by atoms with van der Waals surface area (Å²) in [6.45, 7) is 0. The van der Waals surface area contributed by atoms with Crippen LogP contribution in [0.2, 0.25) is 0 Å². The van der Waals surface area contributed by atoms with Gasteiger partial charge >= 0.3 is 0 Å². The second kappa shape index (κ2) is 8.40. The van der Waals surface area contributed by atoms with Gasteiger partial charge in [0.05, 0.1) is 41.8 Å². The Balaban J connectivity index is 1.72. The number of carbonyl (C=O) groups excluding carboxylic acids is 1. The smallest absolute Gasteiger partial charge is 0.255 e. The third kappa shape index (κ3) is 4.19. The van der Waals surface area contributed by atoms with Crippen LogP contribution in [0.3, 0.4) is 0 Å². The lowest BCUT2D eigenvalue weighted by Crippen LogP contribution is -2.54. The van der Waals surface area contributed by atoms with Crippen LogP contribution in [0.15, 0.2) is 43.0 Å². The highest BCUT2D eigenvalue weighted by atomic mass is 16.1. The van der Waals surface area contributed by atoms with Gasteiger partial charge in [0.25, 0.3) is 5.91 Å². The van der Waals surface area contributed by atoms with Crippen molar-refractivity contribution in [1.29, 1.82) is 0 Å². The molecule has 2 aromatic carbocycles. The number of carbonyl (C=O) groups is 1. The summed E-state index contributed by atoms with van der Waals surface area (Å²) in [7, 11) is 43.2. The van der Waals surface area contributed by atoms with E-state index in [9.17, 15) is 4.79 Å². The molecule has 0 bridgehead atoms. The molecule has 1 N–H and O–H groups in total. The fraction of sp³-hybridized carbons (Fsp3) is 0.0952. The Morgan fingerprint density at radius 3 is 2.18 bits per heavy atom. The van der Waals surface area contributed by atoms with Crippen molar-refractivity contribution < 1.29 is 4.79 Å². The van der Waals surface area contributed by atoms with E-state index in [-0.39, 0.29) is 38.8 Å². The molecule has 4 rings (SSSR count). The molecule has 0 saturated carbocycles. The van der Waals surface area contributed by atoms with Crippen molar-refractivity contribution in [2.45, 2.75) is 5.11 Å². The topological polar surface area (TPSA) is 59.8 Å². The predicted molar refractivity (Wildman–Crippen MR) is 139 cm³/mol. The average molecular weight is 411 g/mol. The SMILES string of the molecule is [B]c1c([B])c(C([B])([B])[B])c([B])c([B])c1C(=O)Nc1cc2cc(-c3cncn3C)ccc2cn1. The molecule has 14 radical (unpaired) electrons. The van der Waals surface area contributed by atoms with Gasteiger partial charge in [-0.1, -0.05) is 28.6 Å². The van der Waals surface area contributed by atoms with E-state index in [1.54, 1.807) is 24.8 Å². The molecule has 0 spiro atoms. The number of amides is 1. The van der Waals surface area contributed by atoms with Crippen molar-refractivity contribution in [3.63, 3.8) is 0 Å². The maximum absolute atomic E-state index is 13.0. The molecule has 0 aliphatic rings. The number of nitrogens with zero attached hydrogens (tertiary/aromatic N) is 3. The number of aromatic nitrogens is 3. The molecule has 2 aromatic heterocycles. The molecule has 5 nitrogen and oxygen atoms in total. The van der Waals surface area contributed by atoms with Crippen LogP contribution in [0.1, 0.15) is 15.9 Å². The summed E-state index contributed by atoms with van der Waals surface area (Å²) in [5.41, 5.74) is 1.23. The number of fused-ring (bicyclic) bond motifs is 1. The van der Waals surface area contributed by atoms with Gasteiger partial charge in [0.2, 0.25) is 0 Å². The zero-order valence-electron chi connectivity index (χ0n) is 17.8. The molecule has 0 atom stereocenters. The van der Waals surface area contributed by atoms with Crippen LogP contribution in [-0.2, 0) is 12.2 Å². The average Bonchev–Trinajstić information content (AvgIpc) is 3.17. The highest BCUT2D eigenvalue weighted by Gasteiger charge is 2.24. The summed E-state index contributed by atoms with van der Waals surface area (Å²) >= 11 is 0. The zero-order chi connectivity index (χ0) is 24.1. The van der Waals surface area contributed by atoms with Gasteiger partial charge < -0.3 is 9.88 Å². The first-order chi connectivity index (χ1) is 15.5. The van der Waals surface area contributed by atoms with Crippen molar-refractivity contribution in [1.82, 2.24) is 14.5 Å². The number of imidazole rings is 1. The molecule has 12 heteroatoms. The van der Waals surface area contributed by atoms with Gasteiger partial charge in [-0.05, 0) is 17.5 Å². The second-order valence-corrected chi connectivity index (χ2v) is 7.81. The number of hydrogen-bond donors (Lipinski definition) is 1. The zero-order valence-corrected chi connectivity index (χ0v) is 17.8. The van der Waals surface area contributed by atoms with Crippen LogP contribution in [0.4, 0.5) is 5.82 Å². The van der Waals surface area contributed by atoms with Crippen molar-refractivity contribution in [3.05, 3.63) is 54.1 Å². The standard InChI is InChI=1S/C21H11B7N4O/c1-32-8-29-7-12(32)9-2-3-10-6-30-13(5-11(10)4-9)31-20(33)14-16(22)18(24)15(21(26,27)28)19(25)17(14)23/h2-8H,1H3,(H,30,31,33). The van der Waals surface area contributed by atoms with Gasteiger partial charge in [-0.3, -0.25) is 4.79 Å². The quantitative estimate of drug-likeness (QED) is 0.384. The Bertz CT molecular complexity index is 1380. The Kier molecular flexibility index (Phi) is 5.89. The van der Waals surface area contributed by atoms with Gasteiger partial charge in [0, 0.05) is 29.8 Å². The summed E-state index contributed by atoms with van der Waals surface area (Å²) in [5, 5.41) is 2.53. The van der Waals surface area contributed by atoms with Gasteiger partial charge in [0.1, 0.15) is 37.2 Å². The van der Waals surface area contributed by atoms with Crippen molar-refractivity contribution >= 4 is 99.3 Å². The van der Waals surface area contributed by atoms with Gasteiger partial charge in [-0.25, -0.2) is 9.97 Å². The Morgan fingerprint density at radius 1 is 0.939 bits per heavy atom. The first-order valence-electron chi connectivity index (χ1n) is 9.79. The van der Waals surface area contributed by atoms with Crippen LogP contribution in [0.25, 0.3) is 22.0 Å². The van der Waals surface area contributed by atoms with Crippen molar-refractivity contribution in [3.8, 4) is 11.3 Å². The third-order valence-electron chi connectivity index (χ3n) is 5.39. The molecule has 1 amide bonds. The maximum Gasteiger partial charge on any atom is 0.255 e. The number of rotatable bonds is 4. The van der Waals surface area contributed by atoms with Crippen LogP contribution in [0, 0.1) is 0 Å². The lowest BCUT2D eigenvalue weighted by molar-refractivity contribution is 0.102. The predicted octanol–water partition coefficient (Wildman–Crippen LogP) is -2.32.